The number of rotatable bonds is 16. The molecule has 5 unspecified atom stereocenters. The summed E-state index contributed by atoms with van der Waals surface area (Å²) in [6, 6.07) is -2.40. The van der Waals surface area contributed by atoms with Gasteiger partial charge >= 0.3 is 23.9 Å². The molecule has 0 saturated carbocycles. The molecule has 12 heterocycles. The fourth-order valence-electron chi connectivity index (χ4n) is 8.77. The van der Waals surface area contributed by atoms with E-state index < -0.39 is 48.0 Å². The van der Waals surface area contributed by atoms with Crippen LogP contribution in [0.25, 0.3) is 0 Å². The van der Waals surface area contributed by atoms with Crippen molar-refractivity contribution >= 4 is 164 Å². The third kappa shape index (κ3) is 12.8. The zero-order valence-electron chi connectivity index (χ0n) is 43.0. The van der Waals surface area contributed by atoms with Crippen LogP contribution in [-0.4, -0.2) is 234 Å². The minimum Gasteiger partial charge on any atom is -0.477 e. The molecule has 12 rings (SSSR count). The number of aliphatic carboxylic acids is 4. The maximum Gasteiger partial charge on any atom is 0.352 e. The molecule has 4 saturated heterocycles. The Hall–Kier alpha value is -5.31. The van der Waals surface area contributed by atoms with Gasteiger partial charge in [0, 0.05) is 52.6 Å². The van der Waals surface area contributed by atoms with Crippen LogP contribution in [0.2, 0.25) is 0 Å². The minimum atomic E-state index is -1.11. The van der Waals surface area contributed by atoms with Crippen LogP contribution in [0.1, 0.15) is 11.9 Å². The first-order chi connectivity index (χ1) is 39.6. The van der Waals surface area contributed by atoms with Crippen LogP contribution in [0, 0.1) is 6.92 Å². The number of thioether (sulfide) groups is 8. The first-order valence-electron chi connectivity index (χ1n) is 23.9. The van der Waals surface area contributed by atoms with Gasteiger partial charge in [-0.05, 0) is 41.4 Å². The number of nitrogens with two attached hydrogens (primary N) is 4. The smallest absolute Gasteiger partial charge is 0.352 e. The van der Waals surface area contributed by atoms with E-state index >= 15 is 0 Å². The number of tetrazole rings is 1. The molecule has 4 amide bonds. The minimum absolute atomic E-state index is 0.0361. The number of H-pyrrole nitrogens is 1. The van der Waals surface area contributed by atoms with Gasteiger partial charge in [-0.3, -0.25) is 38.8 Å². The molecule has 31 nitrogen and oxygen atoms in total. The fourth-order valence-corrected chi connectivity index (χ4v) is 19.6. The molecular weight excluding hydrogens is 1280 g/mol. The van der Waals surface area contributed by atoms with Gasteiger partial charge in [0.1, 0.15) is 85.3 Å². The number of hydrogen-bond acceptors (Lipinski definition) is 31. The van der Waals surface area contributed by atoms with Gasteiger partial charge in [0.05, 0.1) is 0 Å². The zero-order valence-corrected chi connectivity index (χ0v) is 51.2. The normalized spacial score (nSPS) is 25.4. The molecule has 0 aromatic carbocycles. The van der Waals surface area contributed by atoms with Gasteiger partial charge < -0.3 is 47.9 Å². The second-order valence-electron chi connectivity index (χ2n) is 18.0. The lowest BCUT2D eigenvalue weighted by Crippen LogP contribution is -2.68. The average Bonchev–Trinajstić information content (AvgIpc) is 2.14. The summed E-state index contributed by atoms with van der Waals surface area (Å²) < 4.78 is 3.33. The largest absolute Gasteiger partial charge is 0.477 e. The summed E-state index contributed by atoms with van der Waals surface area (Å²) in [5, 5.41) is 75.1. The van der Waals surface area contributed by atoms with Gasteiger partial charge in [0.2, 0.25) is 28.8 Å². The molecule has 13 N–H and O–H groups in total. The number of carboxylic acids is 4. The number of β-lactam (4-membered cyclic amide) rings is 4. The number of carbonyl (C=O) groups is 8. The zero-order chi connectivity index (χ0) is 59.7. The molecule has 0 bridgehead atoms. The quantitative estimate of drug-likeness (QED) is 0.0503. The lowest BCUT2D eigenvalue weighted by molar-refractivity contribution is -0.148. The number of aromatic amines is 1. The summed E-state index contributed by atoms with van der Waals surface area (Å²) in [5.74, 6) is -2.08. The van der Waals surface area contributed by atoms with Crippen molar-refractivity contribution in [3.05, 3.63) is 61.9 Å². The number of carboxylic acid groups (broad SMARTS) is 4. The van der Waals surface area contributed by atoms with E-state index in [2.05, 4.69) is 51.2 Å². The number of nitrogens with zero attached hydrogens (tertiary/aromatic N) is 14. The molecule has 0 radical (unpaired) electrons. The second-order valence-corrected chi connectivity index (χ2v) is 29.2. The number of amides is 4. The first kappa shape index (κ1) is 62.2. The van der Waals surface area contributed by atoms with Crippen molar-refractivity contribution in [3.8, 4) is 0 Å². The molecule has 0 spiro atoms. The fraction of sp³-hybridized carbons (Fsp3) is 0.452. The van der Waals surface area contributed by atoms with Gasteiger partial charge in [-0.25, -0.2) is 19.2 Å². The van der Waals surface area contributed by atoms with Gasteiger partial charge in [-0.15, -0.1) is 87.8 Å². The topological polar surface area (TPSA) is 471 Å². The molecule has 41 heteroatoms. The van der Waals surface area contributed by atoms with Gasteiger partial charge in [0.25, 0.3) is 0 Å². The predicted octanol–water partition coefficient (Wildman–Crippen LogP) is -0.519. The summed E-state index contributed by atoms with van der Waals surface area (Å²) in [6.07, 6.45) is 1.58. The van der Waals surface area contributed by atoms with E-state index in [9.17, 15) is 58.8 Å². The van der Waals surface area contributed by atoms with E-state index in [4.69, 9.17) is 22.9 Å². The van der Waals surface area contributed by atoms with E-state index in [1.54, 1.807) is 16.4 Å². The Balaban J connectivity index is 0.000000133. The monoisotopic (exact) mass is 1330 g/mol. The Kier molecular flexibility index (Phi) is 19.9. The average molecular weight is 1330 g/mol. The van der Waals surface area contributed by atoms with Crippen LogP contribution in [0.3, 0.4) is 0 Å². The van der Waals surface area contributed by atoms with E-state index in [0.717, 1.165) is 24.8 Å². The molecule has 83 heavy (non-hydrogen) atoms. The summed E-state index contributed by atoms with van der Waals surface area (Å²) in [6.45, 7) is 3.72. The summed E-state index contributed by atoms with van der Waals surface area (Å²) in [5.41, 5.74) is 27.5. The Morgan fingerprint density at radius 1 is 0.614 bits per heavy atom. The van der Waals surface area contributed by atoms with Gasteiger partial charge in [0.15, 0.2) is 13.8 Å². The highest BCUT2D eigenvalue weighted by molar-refractivity contribution is 8.03. The highest BCUT2D eigenvalue weighted by Crippen LogP contribution is 2.45. The number of carbonyl (C=O) groups excluding carboxylic acids is 4. The maximum atomic E-state index is 11.8. The molecule has 9 atom stereocenters. The first-order valence-corrected chi connectivity index (χ1v) is 33.6. The van der Waals surface area contributed by atoms with Crippen molar-refractivity contribution in [2.24, 2.45) is 30.0 Å². The van der Waals surface area contributed by atoms with Crippen LogP contribution in [-0.2, 0) is 45.4 Å². The molecule has 4 aromatic rings. The Bertz CT molecular complexity index is 3360. The summed E-state index contributed by atoms with van der Waals surface area (Å²) in [4.78, 5) is 98.3. The SMILES string of the molecule is CC(Sc1nn[nH]n1)C1=C(C(=O)O)N2C(=O)C(N)[C@@H]2SC1.Cc1nnc(SCC2=C(C(=O)O)N3C(=O)C(N)[C@@H]3SC2)s1.Cn1cnnc1SCC1=C(C(=O)O)N2C(=O)C(N)[C@@H]2SC1.NC1C(=O)N2C(C(=O)O)=C(CSc3nncs3)CS[C@@H]12. The van der Waals surface area contributed by atoms with Crippen LogP contribution in [0.5, 0.6) is 0 Å². The third-order valence-corrected chi connectivity index (χ3v) is 24.4. The Labute approximate surface area is 510 Å². The number of aromatic nitrogens is 11. The second kappa shape index (κ2) is 26.5. The number of nitrogens with one attached hydrogen (secondary N) is 1. The number of fused-ring (bicyclic) bond motifs is 4. The molecule has 4 aromatic heterocycles. The molecule has 8 aliphatic heterocycles. The van der Waals surface area contributed by atoms with Gasteiger partial charge in [-0.2, -0.15) is 5.21 Å². The molecule has 8 aliphatic rings. The molecular formula is C42H47N19O12S10. The van der Waals surface area contributed by atoms with Crippen molar-refractivity contribution in [2.75, 3.05) is 40.3 Å². The van der Waals surface area contributed by atoms with Gasteiger partial charge in [-0.1, -0.05) is 69.7 Å². The van der Waals surface area contributed by atoms with E-state index in [0.29, 0.717) is 61.7 Å². The van der Waals surface area contributed by atoms with Crippen LogP contribution < -0.4 is 22.9 Å². The molecule has 4 fully saturated rings. The Morgan fingerprint density at radius 2 is 1.06 bits per heavy atom. The van der Waals surface area contributed by atoms with Crippen LogP contribution >= 0.6 is 117 Å². The lowest BCUT2D eigenvalue weighted by atomic mass is 10.0. The molecule has 442 valence electrons. The van der Waals surface area contributed by atoms with Crippen molar-refractivity contribution < 1.29 is 58.8 Å². The summed E-state index contributed by atoms with van der Waals surface area (Å²) in [7, 11) is 1.82. The Morgan fingerprint density at radius 3 is 1.45 bits per heavy atom. The highest BCUT2D eigenvalue weighted by Gasteiger charge is 2.55. The standard InChI is InChI=1S/C11H13N5O3S2.C11H12N4O3S3.C10H12N6O3S2.C10H10N4O3S3/c1-15-4-13-14-11(15)21-3-5-2-20-9-6(12)8(17)16(9)7(5)10(18)19;1-4-13-14-11(21-4)20-3-5-2-19-9-6(12)8(16)15(9)7(5)10(17)18;1-3(21-10-12-14-15-13-10)4-2-20-8-5(11)7(17)16(8)6(4)9(18)19;11-5-7(15)14-6(9(16)17)4(1-18-8(5)14)2-19-10-13-12-3-20-10/h4,6,9H,2-3,12H2,1H3,(H,18,19);6,9H,2-3,12H2,1H3,(H,17,18);3,5,8H,2,11H2,1H3,(H,18,19)(H,12,13,14,15);3,5,8H,1-2,11H2,(H,16,17)/t2*6?,9-;3?,5?,8-;5?,8-/m0000/s1. The summed E-state index contributed by atoms with van der Waals surface area (Å²) >= 11 is 14.4. The number of hydrogen-bond donors (Lipinski definition) is 9. The maximum absolute atomic E-state index is 11.8. The van der Waals surface area contributed by atoms with Crippen molar-refractivity contribution in [1.82, 2.24) is 75.4 Å². The third-order valence-electron chi connectivity index (χ3n) is 12.8. The van der Waals surface area contributed by atoms with Crippen LogP contribution in [0.4, 0.5) is 0 Å². The van der Waals surface area contributed by atoms with Crippen molar-refractivity contribution in [3.63, 3.8) is 0 Å². The predicted molar refractivity (Wildman–Crippen MR) is 310 cm³/mol. The number of aryl methyl sites for hydroxylation is 2. The van der Waals surface area contributed by atoms with E-state index in [1.807, 2.05) is 20.9 Å². The van der Waals surface area contributed by atoms with E-state index in [1.165, 1.54) is 136 Å². The van der Waals surface area contributed by atoms with E-state index in [-0.39, 0.29) is 73.2 Å². The van der Waals surface area contributed by atoms with Crippen LogP contribution in [0.15, 0.2) is 75.9 Å². The highest BCUT2D eigenvalue weighted by atomic mass is 32.2. The lowest BCUT2D eigenvalue weighted by Gasteiger charge is -2.48. The molecule has 0 aliphatic carbocycles. The van der Waals surface area contributed by atoms with Crippen molar-refractivity contribution in [2.45, 2.75) is 83.8 Å². The van der Waals surface area contributed by atoms with Crippen molar-refractivity contribution in [1.29, 1.82) is 0 Å².